The fourth-order valence-corrected chi connectivity index (χ4v) is 1.74. The molecule has 1 heterocycles. The normalized spacial score (nSPS) is 10.0. The van der Waals surface area contributed by atoms with Crippen molar-refractivity contribution in [3.05, 3.63) is 52.3 Å². The second kappa shape index (κ2) is 6.00. The fraction of sp³-hybridized carbons (Fsp3) is 0.143. The van der Waals surface area contributed by atoms with Gasteiger partial charge >= 0.3 is 0 Å². The number of benzene rings is 1. The third-order valence-corrected chi connectivity index (χ3v) is 2.76. The summed E-state index contributed by atoms with van der Waals surface area (Å²) in [4.78, 5) is 25.7. The number of nitro benzene ring substituents is 1. The fourth-order valence-electron chi connectivity index (χ4n) is 1.74. The van der Waals surface area contributed by atoms with Crippen molar-refractivity contribution in [2.24, 2.45) is 0 Å². The molecule has 1 N–H and O–H groups in total. The van der Waals surface area contributed by atoms with Crippen LogP contribution in [-0.2, 0) is 0 Å². The van der Waals surface area contributed by atoms with Gasteiger partial charge in [0.05, 0.1) is 11.0 Å². The molecule has 0 unspecified atom stereocenters. The molecule has 0 atom stereocenters. The van der Waals surface area contributed by atoms with E-state index in [1.54, 1.807) is 25.2 Å². The van der Waals surface area contributed by atoms with E-state index in [1.807, 2.05) is 0 Å². The Bertz CT molecular complexity index is 700. The highest BCUT2D eigenvalue weighted by Gasteiger charge is 2.14. The van der Waals surface area contributed by atoms with Crippen LogP contribution in [0.15, 0.2) is 36.5 Å². The minimum Gasteiger partial charge on any atom is -0.457 e. The number of hydrogen-bond acceptors (Lipinski definition) is 6. The van der Waals surface area contributed by atoms with Gasteiger partial charge in [-0.1, -0.05) is 0 Å². The molecule has 0 aliphatic carbocycles. The summed E-state index contributed by atoms with van der Waals surface area (Å²) in [7, 11) is 1.60. The lowest BCUT2D eigenvalue weighted by molar-refractivity contribution is -0.384. The van der Waals surface area contributed by atoms with Crippen LogP contribution in [0.3, 0.4) is 0 Å². The molecule has 0 spiro atoms. The van der Waals surface area contributed by atoms with Crippen LogP contribution in [0.1, 0.15) is 17.4 Å². The third-order valence-electron chi connectivity index (χ3n) is 2.76. The van der Waals surface area contributed by atoms with E-state index in [4.69, 9.17) is 4.74 Å². The zero-order valence-electron chi connectivity index (χ0n) is 11.5. The number of rotatable bonds is 5. The van der Waals surface area contributed by atoms with Crippen LogP contribution in [-0.4, -0.2) is 22.7 Å². The summed E-state index contributed by atoms with van der Waals surface area (Å²) >= 11 is 0. The quantitative estimate of drug-likeness (QED) is 0.516. The SMILES string of the molecule is CNc1ccc(Oc2ccnc(C(C)=O)c2)cc1[N+](=O)[O-]. The molecule has 108 valence electrons. The molecule has 0 fully saturated rings. The van der Waals surface area contributed by atoms with Crippen LogP contribution in [0.2, 0.25) is 0 Å². The number of ether oxygens (including phenoxy) is 1. The molecule has 21 heavy (non-hydrogen) atoms. The van der Waals surface area contributed by atoms with Gasteiger partial charge < -0.3 is 10.1 Å². The van der Waals surface area contributed by atoms with Gasteiger partial charge in [-0.05, 0) is 18.2 Å². The van der Waals surface area contributed by atoms with Gasteiger partial charge in [0.2, 0.25) is 0 Å². The van der Waals surface area contributed by atoms with Crippen molar-refractivity contribution >= 4 is 17.2 Å². The van der Waals surface area contributed by atoms with Gasteiger partial charge in [-0.25, -0.2) is 0 Å². The zero-order valence-corrected chi connectivity index (χ0v) is 11.5. The predicted octanol–water partition coefficient (Wildman–Crippen LogP) is 3.03. The Morgan fingerprint density at radius 1 is 1.29 bits per heavy atom. The average Bonchev–Trinajstić information content (AvgIpc) is 2.47. The first kappa shape index (κ1) is 14.4. The molecule has 0 saturated heterocycles. The van der Waals surface area contributed by atoms with Crippen molar-refractivity contribution < 1.29 is 14.5 Å². The van der Waals surface area contributed by atoms with Gasteiger partial charge in [-0.15, -0.1) is 0 Å². The summed E-state index contributed by atoms with van der Waals surface area (Å²) in [5, 5.41) is 13.7. The van der Waals surface area contributed by atoms with Gasteiger partial charge in [-0.2, -0.15) is 0 Å². The van der Waals surface area contributed by atoms with Gasteiger partial charge in [0, 0.05) is 26.2 Å². The van der Waals surface area contributed by atoms with Crippen molar-refractivity contribution in [1.82, 2.24) is 4.98 Å². The van der Waals surface area contributed by atoms with Crippen LogP contribution in [0, 0.1) is 10.1 Å². The van der Waals surface area contributed by atoms with Gasteiger partial charge in [0.25, 0.3) is 5.69 Å². The Balaban J connectivity index is 2.31. The molecule has 2 aromatic rings. The topological polar surface area (TPSA) is 94.4 Å². The molecular formula is C14H13N3O4. The number of carbonyl (C=O) groups is 1. The molecule has 0 amide bonds. The molecule has 0 bridgehead atoms. The number of aromatic nitrogens is 1. The Morgan fingerprint density at radius 2 is 2.00 bits per heavy atom. The van der Waals surface area contributed by atoms with E-state index in [2.05, 4.69) is 10.3 Å². The molecule has 0 radical (unpaired) electrons. The Hall–Kier alpha value is -2.96. The monoisotopic (exact) mass is 287 g/mol. The summed E-state index contributed by atoms with van der Waals surface area (Å²) in [6.45, 7) is 1.40. The van der Waals surface area contributed by atoms with Gasteiger partial charge in [0.15, 0.2) is 5.78 Å². The minimum atomic E-state index is -0.494. The van der Waals surface area contributed by atoms with E-state index in [1.165, 1.54) is 25.3 Å². The largest absolute Gasteiger partial charge is 0.457 e. The number of ketones is 1. The van der Waals surface area contributed by atoms with Crippen LogP contribution in [0.25, 0.3) is 0 Å². The lowest BCUT2D eigenvalue weighted by Gasteiger charge is -2.08. The highest BCUT2D eigenvalue weighted by Crippen LogP contribution is 2.31. The number of pyridine rings is 1. The zero-order chi connectivity index (χ0) is 15.4. The molecule has 2 rings (SSSR count). The number of hydrogen-bond donors (Lipinski definition) is 1. The maximum absolute atomic E-state index is 11.3. The standard InChI is InChI=1S/C14H13N3O4/c1-9(18)13-7-11(5-6-16-13)21-10-3-4-12(15-2)14(8-10)17(19)20/h3-8,15H,1-2H3. The van der Waals surface area contributed by atoms with E-state index >= 15 is 0 Å². The van der Waals surface area contributed by atoms with E-state index in [-0.39, 0.29) is 17.2 Å². The average molecular weight is 287 g/mol. The predicted molar refractivity (Wildman–Crippen MR) is 77.0 cm³/mol. The second-order valence-corrected chi connectivity index (χ2v) is 4.22. The van der Waals surface area contributed by atoms with Crippen molar-refractivity contribution in [3.63, 3.8) is 0 Å². The summed E-state index contributed by atoms with van der Waals surface area (Å²) < 4.78 is 5.54. The molecule has 1 aromatic carbocycles. The summed E-state index contributed by atoms with van der Waals surface area (Å²) in [5.41, 5.74) is 0.580. The second-order valence-electron chi connectivity index (χ2n) is 4.22. The van der Waals surface area contributed by atoms with Gasteiger partial charge in [0.1, 0.15) is 22.9 Å². The smallest absolute Gasteiger partial charge is 0.296 e. The maximum atomic E-state index is 11.3. The van der Waals surface area contributed by atoms with Crippen molar-refractivity contribution in [2.45, 2.75) is 6.92 Å². The molecule has 7 heteroatoms. The van der Waals surface area contributed by atoms with Crippen molar-refractivity contribution in [2.75, 3.05) is 12.4 Å². The molecule has 7 nitrogen and oxygen atoms in total. The Labute approximate surface area is 120 Å². The van der Waals surface area contributed by atoms with E-state index in [0.717, 1.165) is 0 Å². The van der Waals surface area contributed by atoms with E-state index < -0.39 is 4.92 Å². The maximum Gasteiger partial charge on any atom is 0.296 e. The number of Topliss-reactive ketones (excluding diaryl/α,β-unsaturated/α-hetero) is 1. The number of nitrogens with one attached hydrogen (secondary N) is 1. The highest BCUT2D eigenvalue weighted by molar-refractivity contribution is 5.92. The summed E-state index contributed by atoms with van der Waals surface area (Å²) in [6, 6.07) is 7.54. The van der Waals surface area contributed by atoms with Gasteiger partial charge in [-0.3, -0.25) is 19.9 Å². The number of nitro groups is 1. The molecule has 1 aromatic heterocycles. The molecule has 0 aliphatic rings. The third kappa shape index (κ3) is 3.33. The van der Waals surface area contributed by atoms with E-state index in [9.17, 15) is 14.9 Å². The minimum absolute atomic E-state index is 0.0872. The lowest BCUT2D eigenvalue weighted by Crippen LogP contribution is -1.98. The first-order valence-corrected chi connectivity index (χ1v) is 6.12. The first-order chi connectivity index (χ1) is 10.0. The molecular weight excluding hydrogens is 274 g/mol. The summed E-state index contributed by atoms with van der Waals surface area (Å²) in [5.74, 6) is 0.514. The van der Waals surface area contributed by atoms with Crippen LogP contribution in [0.4, 0.5) is 11.4 Å². The van der Waals surface area contributed by atoms with Crippen LogP contribution in [0.5, 0.6) is 11.5 Å². The van der Waals surface area contributed by atoms with Crippen LogP contribution >= 0.6 is 0 Å². The van der Waals surface area contributed by atoms with Crippen molar-refractivity contribution in [3.8, 4) is 11.5 Å². The first-order valence-electron chi connectivity index (χ1n) is 6.12. The number of anilines is 1. The van der Waals surface area contributed by atoms with E-state index in [0.29, 0.717) is 17.2 Å². The molecule has 0 saturated carbocycles. The number of nitrogens with zero attached hydrogens (tertiary/aromatic N) is 2. The lowest BCUT2D eigenvalue weighted by atomic mass is 10.2. The Morgan fingerprint density at radius 3 is 2.62 bits per heavy atom. The highest BCUT2D eigenvalue weighted by atomic mass is 16.6. The molecule has 0 aliphatic heterocycles. The van der Waals surface area contributed by atoms with Crippen LogP contribution < -0.4 is 10.1 Å². The number of carbonyl (C=O) groups excluding carboxylic acids is 1. The Kier molecular flexibility index (Phi) is 4.13. The van der Waals surface area contributed by atoms with Crippen molar-refractivity contribution in [1.29, 1.82) is 0 Å². The summed E-state index contributed by atoms with van der Waals surface area (Å²) in [6.07, 6.45) is 1.45.